The molecule has 2 N–H and O–H groups in total. The first-order valence-electron chi connectivity index (χ1n) is 7.77. The Labute approximate surface area is 150 Å². The first-order valence-corrected chi connectivity index (χ1v) is 8.80. The average Bonchev–Trinajstić information content (AvgIpc) is 2.59. The third-order valence-corrected chi connectivity index (χ3v) is 4.61. The fourth-order valence-corrected chi connectivity index (χ4v) is 3.38. The van der Waals surface area contributed by atoms with Crippen LogP contribution in [0.4, 0.5) is 11.4 Å². The molecule has 0 aliphatic heterocycles. The van der Waals surface area contributed by atoms with E-state index >= 15 is 0 Å². The number of nitrogens with two attached hydrogens (primary N) is 1. The molecule has 7 heteroatoms. The maximum Gasteiger partial charge on any atom is 0.329 e. The molecule has 2 unspecified atom stereocenters. The molecule has 0 radical (unpaired) electrons. The van der Waals surface area contributed by atoms with E-state index in [1.807, 2.05) is 12.1 Å². The molecule has 0 saturated heterocycles. The van der Waals surface area contributed by atoms with E-state index in [0.717, 1.165) is 15.4 Å². The number of hydrogen-bond donors (Lipinski definition) is 1. The molecule has 0 aliphatic carbocycles. The van der Waals surface area contributed by atoms with Gasteiger partial charge in [0.1, 0.15) is 6.04 Å². The molecule has 2 aromatic rings. The fraction of sp³-hybridized carbons (Fsp3) is 0.278. The van der Waals surface area contributed by atoms with Gasteiger partial charge in [-0.25, -0.2) is 4.79 Å². The standard InChI is InChI=1S/C18H22N2O4S/c1-12(2)17(18(21)24-3)20(25(22)23)16-10-6-14(7-11-16)13-4-8-15(19)9-5-13/h4-12,17H,19H2,1-3H3,(H,22,23)/p-1. The summed E-state index contributed by atoms with van der Waals surface area (Å²) in [4.78, 5) is 12.0. The molecule has 0 fully saturated rings. The molecule has 25 heavy (non-hydrogen) atoms. The predicted molar refractivity (Wildman–Crippen MR) is 98.3 cm³/mol. The van der Waals surface area contributed by atoms with Crippen LogP contribution in [0, 0.1) is 5.92 Å². The number of carbonyl (C=O) groups is 1. The van der Waals surface area contributed by atoms with Crippen molar-refractivity contribution in [3.63, 3.8) is 0 Å². The molecule has 0 amide bonds. The molecule has 134 valence electrons. The van der Waals surface area contributed by atoms with Crippen LogP contribution in [0.2, 0.25) is 0 Å². The van der Waals surface area contributed by atoms with Gasteiger partial charge in [0, 0.05) is 22.6 Å². The van der Waals surface area contributed by atoms with Crippen LogP contribution in [0.25, 0.3) is 11.1 Å². The molecular weight excluding hydrogens is 340 g/mol. The summed E-state index contributed by atoms with van der Waals surface area (Å²) in [7, 11) is 1.24. The number of ether oxygens (including phenoxy) is 1. The highest BCUT2D eigenvalue weighted by atomic mass is 32.2. The number of nitrogen functional groups attached to an aromatic ring is 1. The Balaban J connectivity index is 2.37. The zero-order chi connectivity index (χ0) is 18.6. The molecule has 6 nitrogen and oxygen atoms in total. The topological polar surface area (TPSA) is 95.7 Å². The minimum absolute atomic E-state index is 0.248. The lowest BCUT2D eigenvalue weighted by Gasteiger charge is -2.35. The molecule has 0 bridgehead atoms. The van der Waals surface area contributed by atoms with Crippen LogP contribution in [-0.2, 0) is 20.8 Å². The van der Waals surface area contributed by atoms with Crippen molar-refractivity contribution in [1.82, 2.24) is 0 Å². The second-order valence-electron chi connectivity index (χ2n) is 5.92. The molecule has 0 aliphatic rings. The zero-order valence-electron chi connectivity index (χ0n) is 14.3. The van der Waals surface area contributed by atoms with Crippen LogP contribution < -0.4 is 10.0 Å². The van der Waals surface area contributed by atoms with Crippen LogP contribution in [0.1, 0.15) is 13.8 Å². The van der Waals surface area contributed by atoms with E-state index in [0.29, 0.717) is 11.4 Å². The van der Waals surface area contributed by atoms with Crippen LogP contribution in [-0.4, -0.2) is 27.9 Å². The Morgan fingerprint density at radius 2 is 1.56 bits per heavy atom. The van der Waals surface area contributed by atoms with Crippen LogP contribution in [0.3, 0.4) is 0 Å². The molecule has 0 aromatic heterocycles. The van der Waals surface area contributed by atoms with E-state index in [2.05, 4.69) is 0 Å². The molecule has 2 rings (SSSR count). The van der Waals surface area contributed by atoms with E-state index in [9.17, 15) is 13.6 Å². The van der Waals surface area contributed by atoms with E-state index < -0.39 is 23.3 Å². The fourth-order valence-electron chi connectivity index (χ4n) is 2.58. The summed E-state index contributed by atoms with van der Waals surface area (Å²) in [6.45, 7) is 3.54. The van der Waals surface area contributed by atoms with Gasteiger partial charge in [0.2, 0.25) is 0 Å². The normalized spacial score (nSPS) is 13.3. The van der Waals surface area contributed by atoms with Gasteiger partial charge < -0.3 is 15.0 Å². The molecule has 0 spiro atoms. The van der Waals surface area contributed by atoms with E-state index in [4.69, 9.17) is 10.5 Å². The quantitative estimate of drug-likeness (QED) is 0.485. The highest BCUT2D eigenvalue weighted by Crippen LogP contribution is 2.27. The highest BCUT2D eigenvalue weighted by molar-refractivity contribution is 7.80. The second kappa shape index (κ2) is 8.13. The Hall–Kier alpha value is -2.38. The summed E-state index contributed by atoms with van der Waals surface area (Å²) in [5, 5.41) is 0. The maximum atomic E-state index is 12.0. The van der Waals surface area contributed by atoms with Gasteiger partial charge in [0.15, 0.2) is 0 Å². The lowest BCUT2D eigenvalue weighted by atomic mass is 10.0. The van der Waals surface area contributed by atoms with Crippen molar-refractivity contribution in [3.05, 3.63) is 48.5 Å². The summed E-state index contributed by atoms with van der Waals surface area (Å²) in [5.41, 5.74) is 8.64. The molecular formula is C18H21N2O4S-. The summed E-state index contributed by atoms with van der Waals surface area (Å²) in [6, 6.07) is 13.4. The van der Waals surface area contributed by atoms with Crippen molar-refractivity contribution in [2.24, 2.45) is 5.92 Å². The van der Waals surface area contributed by atoms with E-state index in [1.165, 1.54) is 7.11 Å². The van der Waals surface area contributed by atoms with Gasteiger partial charge in [-0.1, -0.05) is 38.1 Å². The van der Waals surface area contributed by atoms with Crippen LogP contribution in [0.15, 0.2) is 48.5 Å². The Morgan fingerprint density at radius 3 is 1.96 bits per heavy atom. The van der Waals surface area contributed by atoms with E-state index in [-0.39, 0.29) is 5.92 Å². The average molecular weight is 361 g/mol. The number of anilines is 2. The summed E-state index contributed by atoms with van der Waals surface area (Å²) in [6.07, 6.45) is 0. The van der Waals surface area contributed by atoms with Crippen molar-refractivity contribution < 1.29 is 18.3 Å². The maximum absolute atomic E-state index is 12.0. The number of esters is 1. The van der Waals surface area contributed by atoms with Crippen molar-refractivity contribution in [1.29, 1.82) is 0 Å². The lowest BCUT2D eigenvalue weighted by Crippen LogP contribution is -2.46. The van der Waals surface area contributed by atoms with Crippen molar-refractivity contribution >= 4 is 28.6 Å². The van der Waals surface area contributed by atoms with Gasteiger partial charge >= 0.3 is 5.97 Å². The first-order chi connectivity index (χ1) is 11.8. The first kappa shape index (κ1) is 19.0. The van der Waals surface area contributed by atoms with Crippen molar-refractivity contribution in [2.45, 2.75) is 19.9 Å². The third kappa shape index (κ3) is 4.37. The smallest absolute Gasteiger partial charge is 0.329 e. The van der Waals surface area contributed by atoms with Crippen LogP contribution >= 0.6 is 0 Å². The molecule has 0 heterocycles. The summed E-state index contributed by atoms with van der Waals surface area (Å²) >= 11 is -2.62. The van der Waals surface area contributed by atoms with E-state index in [1.54, 1.807) is 50.2 Å². The number of hydrogen-bond acceptors (Lipinski definition) is 5. The van der Waals surface area contributed by atoms with Gasteiger partial charge in [0.25, 0.3) is 0 Å². The van der Waals surface area contributed by atoms with Gasteiger partial charge in [-0.3, -0.25) is 8.51 Å². The number of methoxy groups -OCH3 is 1. The SMILES string of the molecule is COC(=O)C(C(C)C)N(c1ccc(-c2ccc(N)cc2)cc1)S(=O)[O-]. The second-order valence-corrected chi connectivity index (χ2v) is 6.75. The van der Waals surface area contributed by atoms with Gasteiger partial charge in [-0.2, -0.15) is 0 Å². The van der Waals surface area contributed by atoms with Gasteiger partial charge in [0.05, 0.1) is 7.11 Å². The summed E-state index contributed by atoms with van der Waals surface area (Å²) < 4.78 is 29.3. The van der Waals surface area contributed by atoms with Crippen molar-refractivity contribution in [3.8, 4) is 11.1 Å². The van der Waals surface area contributed by atoms with Gasteiger partial charge in [-0.15, -0.1) is 0 Å². The largest absolute Gasteiger partial charge is 0.755 e. The minimum Gasteiger partial charge on any atom is -0.755 e. The monoisotopic (exact) mass is 361 g/mol. The summed E-state index contributed by atoms with van der Waals surface area (Å²) in [5.74, 6) is -0.844. The lowest BCUT2D eigenvalue weighted by molar-refractivity contribution is -0.142. The minimum atomic E-state index is -2.62. The number of benzene rings is 2. The van der Waals surface area contributed by atoms with Crippen LogP contribution in [0.5, 0.6) is 0 Å². The molecule has 0 saturated carbocycles. The third-order valence-electron chi connectivity index (χ3n) is 3.85. The van der Waals surface area contributed by atoms with Crippen molar-refractivity contribution in [2.75, 3.05) is 17.1 Å². The Morgan fingerprint density at radius 1 is 1.08 bits per heavy atom. The zero-order valence-corrected chi connectivity index (χ0v) is 15.2. The molecule has 2 atom stereocenters. The number of carbonyl (C=O) groups excluding carboxylic acids is 1. The predicted octanol–water partition coefficient (Wildman–Crippen LogP) is 2.73. The Bertz CT molecular complexity index is 745. The Kier molecular flexibility index (Phi) is 6.17. The highest BCUT2D eigenvalue weighted by Gasteiger charge is 2.31. The van der Waals surface area contributed by atoms with Gasteiger partial charge in [-0.05, 0) is 41.3 Å². The molecule has 2 aromatic carbocycles. The number of nitrogens with zero attached hydrogens (tertiary/aromatic N) is 1. The number of rotatable bonds is 6.